The topological polar surface area (TPSA) is 33.6 Å². The van der Waals surface area contributed by atoms with Crippen molar-refractivity contribution in [2.75, 3.05) is 0 Å². The Bertz CT molecular complexity index is 400. The highest BCUT2D eigenvalue weighted by molar-refractivity contribution is 7.71. The lowest BCUT2D eigenvalue weighted by molar-refractivity contribution is 0.380. The van der Waals surface area contributed by atoms with Crippen LogP contribution in [0.4, 0.5) is 0 Å². The zero-order valence-corrected chi connectivity index (χ0v) is 9.89. The van der Waals surface area contributed by atoms with Crippen molar-refractivity contribution in [3.05, 3.63) is 10.6 Å². The molecule has 0 atom stereocenters. The molecule has 15 heavy (non-hydrogen) atoms. The van der Waals surface area contributed by atoms with Crippen LogP contribution in [0.3, 0.4) is 0 Å². The van der Waals surface area contributed by atoms with Gasteiger partial charge in [0.25, 0.3) is 0 Å². The summed E-state index contributed by atoms with van der Waals surface area (Å²) in [5, 5.41) is 7.27. The minimum absolute atomic E-state index is 0.659. The fourth-order valence-corrected chi connectivity index (χ4v) is 2.85. The Morgan fingerprint density at radius 3 is 2.47 bits per heavy atom. The predicted molar refractivity (Wildman–Crippen MR) is 61.3 cm³/mol. The van der Waals surface area contributed by atoms with Gasteiger partial charge in [-0.3, -0.25) is 5.10 Å². The van der Waals surface area contributed by atoms with Crippen LogP contribution in [-0.4, -0.2) is 14.8 Å². The van der Waals surface area contributed by atoms with Crippen molar-refractivity contribution in [2.24, 2.45) is 11.8 Å². The molecule has 1 N–H and O–H groups in total. The van der Waals surface area contributed by atoms with E-state index in [0.717, 1.165) is 28.9 Å². The van der Waals surface area contributed by atoms with E-state index in [1.54, 1.807) is 0 Å². The van der Waals surface area contributed by atoms with Gasteiger partial charge in [0.15, 0.2) is 4.77 Å². The smallest absolute Gasteiger partial charge is 0.195 e. The molecular formula is C11H17N3S. The van der Waals surface area contributed by atoms with Gasteiger partial charge in [0, 0.05) is 12.5 Å². The highest BCUT2D eigenvalue weighted by Crippen LogP contribution is 2.52. The molecule has 0 saturated heterocycles. The molecule has 0 spiro atoms. The summed E-state index contributed by atoms with van der Waals surface area (Å²) in [4.78, 5) is 0. The molecular weight excluding hydrogens is 206 g/mol. The van der Waals surface area contributed by atoms with E-state index in [2.05, 4.69) is 21.7 Å². The fourth-order valence-electron chi connectivity index (χ4n) is 2.58. The van der Waals surface area contributed by atoms with Gasteiger partial charge in [0.2, 0.25) is 0 Å². The SMILES string of the molecule is CCc1n[nH]c(=S)n1C(C1CC1)C1CC1. The van der Waals surface area contributed by atoms with E-state index < -0.39 is 0 Å². The Labute approximate surface area is 94.9 Å². The maximum absolute atomic E-state index is 5.35. The molecule has 0 aromatic carbocycles. The van der Waals surface area contributed by atoms with Crippen LogP contribution in [0.5, 0.6) is 0 Å². The summed E-state index contributed by atoms with van der Waals surface area (Å²) in [6, 6.07) is 0.659. The lowest BCUT2D eigenvalue weighted by Gasteiger charge is -2.18. The van der Waals surface area contributed by atoms with Gasteiger partial charge < -0.3 is 4.57 Å². The summed E-state index contributed by atoms with van der Waals surface area (Å²) in [6.07, 6.45) is 6.52. The minimum atomic E-state index is 0.659. The number of rotatable bonds is 4. The average molecular weight is 223 g/mol. The van der Waals surface area contributed by atoms with Gasteiger partial charge in [-0.25, -0.2) is 0 Å². The van der Waals surface area contributed by atoms with E-state index in [4.69, 9.17) is 12.2 Å². The molecule has 1 aromatic heterocycles. The molecule has 2 aliphatic carbocycles. The first-order valence-electron chi connectivity index (χ1n) is 5.97. The molecule has 0 bridgehead atoms. The minimum Gasteiger partial charge on any atom is -0.300 e. The molecule has 0 aliphatic heterocycles. The second kappa shape index (κ2) is 3.44. The van der Waals surface area contributed by atoms with Crippen molar-refractivity contribution in [1.82, 2.24) is 14.8 Å². The number of aromatic nitrogens is 3. The summed E-state index contributed by atoms with van der Waals surface area (Å²) in [7, 11) is 0. The van der Waals surface area contributed by atoms with E-state index in [0.29, 0.717) is 6.04 Å². The Hall–Kier alpha value is -0.640. The fraction of sp³-hybridized carbons (Fsp3) is 0.818. The molecule has 1 aromatic rings. The summed E-state index contributed by atoms with van der Waals surface area (Å²) in [5.41, 5.74) is 0. The molecule has 3 rings (SSSR count). The van der Waals surface area contributed by atoms with Crippen molar-refractivity contribution in [3.63, 3.8) is 0 Å². The molecule has 3 nitrogen and oxygen atoms in total. The van der Waals surface area contributed by atoms with E-state index >= 15 is 0 Å². The van der Waals surface area contributed by atoms with E-state index in [1.165, 1.54) is 25.7 Å². The molecule has 2 saturated carbocycles. The van der Waals surface area contributed by atoms with Gasteiger partial charge >= 0.3 is 0 Å². The first-order chi connectivity index (χ1) is 7.31. The number of aryl methyl sites for hydroxylation is 1. The Morgan fingerprint density at radius 1 is 1.40 bits per heavy atom. The normalized spacial score (nSPS) is 21.2. The largest absolute Gasteiger partial charge is 0.300 e. The molecule has 0 amide bonds. The first-order valence-corrected chi connectivity index (χ1v) is 6.38. The van der Waals surface area contributed by atoms with E-state index in [9.17, 15) is 0 Å². The average Bonchev–Trinajstić information content (AvgIpc) is 3.10. The zero-order chi connectivity index (χ0) is 10.4. The highest BCUT2D eigenvalue weighted by Gasteiger charge is 2.43. The summed E-state index contributed by atoms with van der Waals surface area (Å²) >= 11 is 5.35. The van der Waals surface area contributed by atoms with Gasteiger partial charge in [-0.2, -0.15) is 5.10 Å². The third kappa shape index (κ3) is 1.65. The van der Waals surface area contributed by atoms with Crippen molar-refractivity contribution in [1.29, 1.82) is 0 Å². The zero-order valence-electron chi connectivity index (χ0n) is 9.07. The molecule has 2 fully saturated rings. The summed E-state index contributed by atoms with van der Waals surface area (Å²) in [5.74, 6) is 2.91. The number of hydrogen-bond donors (Lipinski definition) is 1. The summed E-state index contributed by atoms with van der Waals surface area (Å²) in [6.45, 7) is 2.15. The summed E-state index contributed by atoms with van der Waals surface area (Å²) < 4.78 is 3.14. The molecule has 0 unspecified atom stereocenters. The van der Waals surface area contributed by atoms with Crippen LogP contribution >= 0.6 is 12.2 Å². The van der Waals surface area contributed by atoms with Crippen molar-refractivity contribution in [2.45, 2.75) is 45.1 Å². The van der Waals surface area contributed by atoms with Crippen LogP contribution in [0.15, 0.2) is 0 Å². The van der Waals surface area contributed by atoms with Gasteiger partial charge in [0.05, 0.1) is 0 Å². The predicted octanol–water partition coefficient (Wildman–Crippen LogP) is 2.86. The Kier molecular flexibility index (Phi) is 2.20. The quantitative estimate of drug-likeness (QED) is 0.796. The number of aromatic amines is 1. The molecule has 82 valence electrons. The monoisotopic (exact) mass is 223 g/mol. The number of hydrogen-bond acceptors (Lipinski definition) is 2. The van der Waals surface area contributed by atoms with Crippen LogP contribution in [0.1, 0.15) is 44.5 Å². The van der Waals surface area contributed by atoms with Gasteiger partial charge in [-0.05, 0) is 49.7 Å². The molecule has 0 radical (unpaired) electrons. The molecule has 4 heteroatoms. The van der Waals surface area contributed by atoms with Crippen LogP contribution in [0, 0.1) is 16.6 Å². The van der Waals surface area contributed by atoms with Crippen molar-refractivity contribution < 1.29 is 0 Å². The third-order valence-corrected chi connectivity index (χ3v) is 3.89. The Morgan fingerprint density at radius 2 is 2.00 bits per heavy atom. The molecule has 2 aliphatic rings. The van der Waals surface area contributed by atoms with Crippen molar-refractivity contribution >= 4 is 12.2 Å². The van der Waals surface area contributed by atoms with Crippen LogP contribution in [0.25, 0.3) is 0 Å². The second-order valence-electron chi connectivity index (χ2n) is 4.83. The van der Waals surface area contributed by atoms with Crippen LogP contribution in [-0.2, 0) is 6.42 Å². The maximum atomic E-state index is 5.35. The Balaban J connectivity index is 2.00. The van der Waals surface area contributed by atoms with Crippen molar-refractivity contribution in [3.8, 4) is 0 Å². The number of nitrogens with one attached hydrogen (secondary N) is 1. The van der Waals surface area contributed by atoms with Gasteiger partial charge in [0.1, 0.15) is 5.82 Å². The second-order valence-corrected chi connectivity index (χ2v) is 5.22. The first kappa shape index (κ1) is 9.58. The van der Waals surface area contributed by atoms with E-state index in [-0.39, 0.29) is 0 Å². The maximum Gasteiger partial charge on any atom is 0.195 e. The van der Waals surface area contributed by atoms with Crippen LogP contribution in [0.2, 0.25) is 0 Å². The van der Waals surface area contributed by atoms with Gasteiger partial charge in [-0.15, -0.1) is 0 Å². The van der Waals surface area contributed by atoms with Crippen LogP contribution < -0.4 is 0 Å². The lowest BCUT2D eigenvalue weighted by Crippen LogP contribution is -2.16. The van der Waals surface area contributed by atoms with E-state index in [1.807, 2.05) is 0 Å². The molecule has 1 heterocycles. The number of H-pyrrole nitrogens is 1. The third-order valence-electron chi connectivity index (χ3n) is 3.60. The number of nitrogens with zero attached hydrogens (tertiary/aromatic N) is 2. The standard InChI is InChI=1S/C11H17N3S/c1-2-9-12-13-11(15)14(9)10(7-3-4-7)8-5-6-8/h7-8,10H,2-6H2,1H3,(H,13,15). The lowest BCUT2D eigenvalue weighted by atomic mass is 10.1. The highest BCUT2D eigenvalue weighted by atomic mass is 32.1. The van der Waals surface area contributed by atoms with Gasteiger partial charge in [-0.1, -0.05) is 6.92 Å².